The highest BCUT2D eigenvalue weighted by atomic mass is 16.2. The maximum absolute atomic E-state index is 10.7. The molecular weight excluding hydrogens is 166 g/mol. The Labute approximate surface area is 75.8 Å². The van der Waals surface area contributed by atoms with Gasteiger partial charge in [0.2, 0.25) is 0 Å². The van der Waals surface area contributed by atoms with Crippen molar-refractivity contribution in [1.82, 2.24) is 0 Å². The van der Waals surface area contributed by atoms with Gasteiger partial charge in [-0.1, -0.05) is 19.9 Å². The fourth-order valence-corrected chi connectivity index (χ4v) is 0.984. The molecule has 1 aliphatic heterocycles. The molecule has 0 bridgehead atoms. The van der Waals surface area contributed by atoms with Crippen LogP contribution in [-0.2, 0) is 0 Å². The molecule has 0 atom stereocenters. The highest BCUT2D eigenvalue weighted by Gasteiger charge is 2.05. The number of nitrogen functional groups attached to an aromatic ring is 1. The zero-order valence-corrected chi connectivity index (χ0v) is 7.61. The minimum atomic E-state index is -0.474. The lowest BCUT2D eigenvalue weighted by atomic mass is 10.3. The average Bonchev–Trinajstić information content (AvgIpc) is 2.51. The van der Waals surface area contributed by atoms with Gasteiger partial charge >= 0.3 is 6.03 Å². The van der Waals surface area contributed by atoms with Gasteiger partial charge in [-0.2, -0.15) is 9.98 Å². The first-order chi connectivity index (χ1) is 6.27. The number of amides is 2. The van der Waals surface area contributed by atoms with Crippen molar-refractivity contribution in [3.63, 3.8) is 0 Å². The first-order valence-electron chi connectivity index (χ1n) is 4.13. The topological polar surface area (TPSA) is 67.8 Å². The second-order valence-corrected chi connectivity index (χ2v) is 2.22. The summed E-state index contributed by atoms with van der Waals surface area (Å²) in [6.45, 7) is 4.00. The molecule has 0 radical (unpaired) electrons. The molecule has 2 N–H and O–H groups in total. The Morgan fingerprint density at radius 1 is 1.23 bits per heavy atom. The van der Waals surface area contributed by atoms with Crippen LogP contribution in [0.1, 0.15) is 13.8 Å². The van der Waals surface area contributed by atoms with E-state index in [1.165, 1.54) is 0 Å². The van der Waals surface area contributed by atoms with Gasteiger partial charge in [0, 0.05) is 0 Å². The van der Waals surface area contributed by atoms with Crippen LogP contribution in [0.15, 0.2) is 28.2 Å². The number of hydrogen-bond acceptors (Lipinski definition) is 2. The van der Waals surface area contributed by atoms with Gasteiger partial charge in [0.05, 0.1) is 11.0 Å². The zero-order chi connectivity index (χ0) is 9.84. The van der Waals surface area contributed by atoms with E-state index in [4.69, 9.17) is 5.73 Å². The number of urea groups is 1. The Bertz CT molecular complexity index is 437. The van der Waals surface area contributed by atoms with Gasteiger partial charge in [-0.05, 0) is 12.1 Å². The summed E-state index contributed by atoms with van der Waals surface area (Å²) < 4.78 is 0. The second kappa shape index (κ2) is 3.80. The summed E-state index contributed by atoms with van der Waals surface area (Å²) in [6.07, 6.45) is 0. The van der Waals surface area contributed by atoms with Crippen molar-refractivity contribution >= 4 is 11.7 Å². The molecule has 1 aliphatic rings. The number of carbonyl (C=O) groups excluding carboxylic acids is 1. The summed E-state index contributed by atoms with van der Waals surface area (Å²) in [5, 5.41) is 1.06. The maximum Gasteiger partial charge on any atom is 0.368 e. The van der Waals surface area contributed by atoms with Crippen molar-refractivity contribution in [2.24, 2.45) is 9.98 Å². The monoisotopic (exact) mass is 177 g/mol. The molecule has 1 aromatic carbocycles. The first kappa shape index (κ1) is 9.38. The number of benzene rings is 1. The summed E-state index contributed by atoms with van der Waals surface area (Å²) in [5.41, 5.74) is 6.03. The predicted octanol–water partition coefficient (Wildman–Crippen LogP) is 0.668. The number of anilines is 1. The predicted molar refractivity (Wildman–Crippen MR) is 49.9 cm³/mol. The van der Waals surface area contributed by atoms with E-state index >= 15 is 0 Å². The van der Waals surface area contributed by atoms with Crippen LogP contribution in [0.25, 0.3) is 0 Å². The lowest BCUT2D eigenvalue weighted by molar-refractivity contribution is 0.256. The smallest absolute Gasteiger partial charge is 0.368 e. The number of carbonyl (C=O) groups is 1. The van der Waals surface area contributed by atoms with Crippen molar-refractivity contribution in [2.75, 3.05) is 5.73 Å². The molecule has 2 amide bonds. The van der Waals surface area contributed by atoms with Crippen LogP contribution < -0.4 is 16.4 Å². The van der Waals surface area contributed by atoms with E-state index in [1.54, 1.807) is 18.2 Å². The normalized spacial score (nSPS) is 12.0. The molecule has 68 valence electrons. The Kier molecular flexibility index (Phi) is 2.74. The molecule has 0 spiro atoms. The molecule has 0 fully saturated rings. The summed E-state index contributed by atoms with van der Waals surface area (Å²) in [4.78, 5) is 17.9. The summed E-state index contributed by atoms with van der Waals surface area (Å²) in [5.74, 6) is 0. The number of para-hydroxylation sites is 1. The van der Waals surface area contributed by atoms with Gasteiger partial charge in [0.25, 0.3) is 0 Å². The van der Waals surface area contributed by atoms with Crippen LogP contribution in [0.2, 0.25) is 0 Å². The Morgan fingerprint density at radius 3 is 2.54 bits per heavy atom. The molecule has 0 saturated carbocycles. The highest BCUT2D eigenvalue weighted by Crippen LogP contribution is 1.91. The molecule has 2 rings (SSSR count). The summed E-state index contributed by atoms with van der Waals surface area (Å²) in [6, 6.07) is 4.67. The van der Waals surface area contributed by atoms with Crippen LogP contribution in [0.5, 0.6) is 0 Å². The SMILES string of the molecule is CC.Nc1cccc2c1=NC(=O)N=2. The number of hydrogen-bond donors (Lipinski definition) is 1. The fraction of sp³-hybridized carbons (Fsp3) is 0.222. The van der Waals surface area contributed by atoms with Crippen LogP contribution in [-0.4, -0.2) is 6.03 Å². The average molecular weight is 177 g/mol. The van der Waals surface area contributed by atoms with Crippen molar-refractivity contribution in [3.05, 3.63) is 28.9 Å². The third-order valence-corrected chi connectivity index (χ3v) is 1.47. The Balaban J connectivity index is 0.000000396. The van der Waals surface area contributed by atoms with E-state index in [-0.39, 0.29) is 0 Å². The van der Waals surface area contributed by atoms with Crippen LogP contribution >= 0.6 is 0 Å². The van der Waals surface area contributed by atoms with Gasteiger partial charge in [-0.3, -0.25) is 0 Å². The van der Waals surface area contributed by atoms with E-state index in [0.717, 1.165) is 0 Å². The number of nitrogens with two attached hydrogens (primary N) is 1. The lowest BCUT2D eigenvalue weighted by Crippen LogP contribution is -2.24. The zero-order valence-electron chi connectivity index (χ0n) is 7.61. The minimum absolute atomic E-state index is 0.474. The van der Waals surface area contributed by atoms with Crippen molar-refractivity contribution < 1.29 is 4.79 Å². The molecule has 4 nitrogen and oxygen atoms in total. The lowest BCUT2D eigenvalue weighted by Gasteiger charge is -1.86. The number of nitrogens with zero attached hydrogens (tertiary/aromatic N) is 2. The van der Waals surface area contributed by atoms with Crippen LogP contribution in [0.3, 0.4) is 0 Å². The largest absolute Gasteiger partial charge is 0.397 e. The van der Waals surface area contributed by atoms with E-state index in [0.29, 0.717) is 16.4 Å². The van der Waals surface area contributed by atoms with E-state index < -0.39 is 6.03 Å². The van der Waals surface area contributed by atoms with Gasteiger partial charge in [-0.15, -0.1) is 0 Å². The van der Waals surface area contributed by atoms with E-state index in [1.807, 2.05) is 13.8 Å². The second-order valence-electron chi connectivity index (χ2n) is 2.22. The molecule has 0 saturated heterocycles. The fourth-order valence-electron chi connectivity index (χ4n) is 0.984. The molecule has 0 aliphatic carbocycles. The van der Waals surface area contributed by atoms with Gasteiger partial charge < -0.3 is 5.73 Å². The maximum atomic E-state index is 10.7. The molecule has 0 aromatic heterocycles. The molecule has 13 heavy (non-hydrogen) atoms. The highest BCUT2D eigenvalue weighted by molar-refractivity contribution is 5.78. The van der Waals surface area contributed by atoms with Crippen LogP contribution in [0, 0.1) is 0 Å². The third-order valence-electron chi connectivity index (χ3n) is 1.47. The molecule has 1 heterocycles. The molecule has 0 unspecified atom stereocenters. The van der Waals surface area contributed by atoms with Crippen molar-refractivity contribution in [1.29, 1.82) is 0 Å². The van der Waals surface area contributed by atoms with Gasteiger partial charge in [0.1, 0.15) is 5.36 Å². The van der Waals surface area contributed by atoms with Crippen molar-refractivity contribution in [2.45, 2.75) is 13.8 Å². The summed E-state index contributed by atoms with van der Waals surface area (Å²) >= 11 is 0. The quantitative estimate of drug-likeness (QED) is 0.592. The molecule has 4 heteroatoms. The number of fused-ring (bicyclic) bond motifs is 1. The van der Waals surface area contributed by atoms with Crippen LogP contribution in [0.4, 0.5) is 10.5 Å². The van der Waals surface area contributed by atoms with Gasteiger partial charge in [0.15, 0.2) is 0 Å². The molecular formula is C9H11N3O. The summed E-state index contributed by atoms with van der Waals surface area (Å²) in [7, 11) is 0. The standard InChI is InChI=1S/C7H5N3O.C2H6/c8-4-2-1-3-5-6(4)10-7(11)9-5;1-2/h1-3H,8H2;1-2H3. The third kappa shape index (κ3) is 1.72. The van der Waals surface area contributed by atoms with E-state index in [9.17, 15) is 4.79 Å². The van der Waals surface area contributed by atoms with Gasteiger partial charge in [-0.25, -0.2) is 4.79 Å². The Hall–Kier alpha value is -1.71. The van der Waals surface area contributed by atoms with E-state index in [2.05, 4.69) is 9.98 Å². The first-order valence-corrected chi connectivity index (χ1v) is 4.13. The van der Waals surface area contributed by atoms with Crippen molar-refractivity contribution in [3.8, 4) is 0 Å². The molecule has 1 aromatic rings. The number of rotatable bonds is 0. The minimum Gasteiger partial charge on any atom is -0.397 e. The Morgan fingerprint density at radius 2 is 1.92 bits per heavy atom.